The molecule has 0 radical (unpaired) electrons. The summed E-state index contributed by atoms with van der Waals surface area (Å²) in [6.07, 6.45) is 8.44. The topological polar surface area (TPSA) is 352 Å². The molecule has 0 bridgehead atoms. The Morgan fingerprint density at radius 2 is 0.688 bits per heavy atom. The zero-order valence-corrected chi connectivity index (χ0v) is 81.6. The minimum absolute atomic E-state index is 0.0232. The van der Waals surface area contributed by atoms with Gasteiger partial charge in [-0.05, 0) is 131 Å². The number of pyridine rings is 9. The lowest BCUT2D eigenvalue weighted by molar-refractivity contribution is -0.129. The van der Waals surface area contributed by atoms with Crippen molar-refractivity contribution in [3.8, 4) is 80.5 Å². The first-order valence-corrected chi connectivity index (χ1v) is 45.5. The normalized spacial score (nSPS) is 15.0. The van der Waals surface area contributed by atoms with Gasteiger partial charge >= 0.3 is 0 Å². The Labute approximate surface area is 824 Å². The zero-order chi connectivity index (χ0) is 101. The average molecular weight is 2050 g/mol. The van der Waals surface area contributed by atoms with Crippen molar-refractivity contribution < 1.29 is 55.3 Å². The van der Waals surface area contributed by atoms with Crippen molar-refractivity contribution in [3.05, 3.63) is 255 Å². The fraction of sp³-hybridized carbons (Fsp3) is 0.281. The number of aromatic hydroxyl groups is 2. The summed E-state index contributed by atoms with van der Waals surface area (Å²) in [5.41, 5.74) is 3.71. The SMILES string of the molecule is C=CC(=O)N1CCN(c2c(C#N)c(=O)n(-c3c(C)ccnc3C(C)C)c3nc(-c4c(F)c(N)c(F)c(Cl)c4F)c(Cl)cc23)C[C@H]1C.C=CC(=O)N1CCN(c2c(C#N)c(=O)n(-c3c(C)ccnc3C(C)C)c3nc(-c4c(O)c(Cl)c(F)c(F)c4Cl)c(Cl)cc23)C[C@H]1C.C=CC(=O)N1CCN(c2c(C#N)c(=O)n(-c3c(C)ccnc3C(C)C)c3nc(-c4c(O)c(Cl)c(F)c(F)c4Cl)c(Cl)cc23)C[C@H]1C. The second kappa shape index (κ2) is 40.5. The number of nitrogens with two attached hydrogens (primary N) is 1. The number of carbonyl (C=O) groups excluding carboxylic acids is 3. The largest absolute Gasteiger partial charge is 0.506 e. The van der Waals surface area contributed by atoms with Gasteiger partial charge in [0.15, 0.2) is 40.7 Å². The van der Waals surface area contributed by atoms with Crippen LogP contribution in [0.25, 0.3) is 83.9 Å². The maximum Gasteiger partial charge on any atom is 0.276 e. The molecule has 3 fully saturated rings. The van der Waals surface area contributed by atoms with Crippen LogP contribution in [0.2, 0.25) is 40.2 Å². The van der Waals surface area contributed by atoms with Crippen molar-refractivity contribution in [2.24, 2.45) is 0 Å². The average Bonchev–Trinajstić information content (AvgIpc) is 0.726. The van der Waals surface area contributed by atoms with E-state index in [1.807, 2.05) is 68.4 Å². The summed E-state index contributed by atoms with van der Waals surface area (Å²) >= 11 is 50.1. The number of hydrogen-bond donors (Lipinski definition) is 3. The third-order valence-electron chi connectivity index (χ3n) is 24.0. The first kappa shape index (κ1) is 102. The number of phenols is 2. The van der Waals surface area contributed by atoms with E-state index in [1.165, 1.54) is 50.1 Å². The molecule has 3 saturated heterocycles. The smallest absolute Gasteiger partial charge is 0.276 e. The maximum atomic E-state index is 15.4. The minimum atomic E-state index is -1.56. The second-order valence-corrected chi connectivity index (χ2v) is 36.8. The molecule has 9 aromatic heterocycles. The van der Waals surface area contributed by atoms with E-state index >= 15 is 8.78 Å². The van der Waals surface area contributed by atoms with Gasteiger partial charge in [0.1, 0.15) is 84.1 Å². The molecule has 15 rings (SSSR count). The van der Waals surface area contributed by atoms with Crippen molar-refractivity contribution >= 4 is 166 Å². The van der Waals surface area contributed by atoms with Crippen molar-refractivity contribution in [1.29, 1.82) is 15.8 Å². The number of carbonyl (C=O) groups is 3. The second-order valence-electron chi connectivity index (χ2n) is 33.6. The molecule has 12 aromatic rings. The number of aromatic nitrogens is 9. The highest BCUT2D eigenvalue weighted by Crippen LogP contribution is 2.51. The van der Waals surface area contributed by atoms with Gasteiger partial charge in [0.25, 0.3) is 16.7 Å². The standard InChI is InChI=1S/2C32H27Cl3F2N6O3.C32H28Cl2F3N7O2/c2*1-6-20(44)42-10-9-41(13-16(42)5)29-17-11-19(33)27(21-22(34)24(36)25(37)23(35)30(21)45)40-31(17)43(32(46)18(29)12-38)28-15(4)7-8-39-26(28)14(2)3;1-6-20(45)43-10-9-42(13-16(43)5)30-17-11-19(33)28(21-23(35)22(34)25(37)26(39)24(21)36)41-31(17)44(32(46)18(30)12-38)29-15(4)7-8-40-27(29)14(2)3/h2*6-8,11,14,16,45H,1,9-10,13H2,2-5H3;6-8,11,14,16H,1,9-10,13,39H2,2-5H3/t3*16-/m111/s1. The Bertz CT molecular complexity index is 6790. The summed E-state index contributed by atoms with van der Waals surface area (Å²) in [6.45, 7) is 35.0. The van der Waals surface area contributed by atoms with Crippen LogP contribution in [0.5, 0.6) is 11.5 Å². The molecule has 12 heterocycles. The Kier molecular flexibility index (Phi) is 30.1. The van der Waals surface area contributed by atoms with Crippen LogP contribution in [0, 0.1) is 95.5 Å². The minimum Gasteiger partial charge on any atom is -0.506 e. The van der Waals surface area contributed by atoms with E-state index < -0.39 is 122 Å². The third-order valence-corrected chi connectivity index (χ3v) is 26.6. The summed E-state index contributed by atoms with van der Waals surface area (Å²) in [6, 6.07) is 14.4. The molecule has 3 amide bonds. The molecule has 0 unspecified atom stereocenters. The van der Waals surface area contributed by atoms with Crippen LogP contribution in [0.3, 0.4) is 0 Å². The molecule has 0 aliphatic carbocycles. The van der Waals surface area contributed by atoms with Gasteiger partial charge in [-0.3, -0.25) is 57.4 Å². The highest BCUT2D eigenvalue weighted by Gasteiger charge is 2.40. The van der Waals surface area contributed by atoms with Gasteiger partial charge in [-0.1, -0.05) is 154 Å². The molecule has 4 N–H and O–H groups in total. The van der Waals surface area contributed by atoms with E-state index in [1.54, 1.807) is 87.0 Å². The Balaban J connectivity index is 0.000000175. The van der Waals surface area contributed by atoms with E-state index in [2.05, 4.69) is 61.8 Å². The number of nitrogens with zero attached hydrogens (tertiary/aromatic N) is 18. The Morgan fingerprint density at radius 1 is 0.420 bits per heavy atom. The predicted molar refractivity (Wildman–Crippen MR) is 521 cm³/mol. The molecule has 3 aromatic carbocycles. The number of nitriles is 3. The van der Waals surface area contributed by atoms with Gasteiger partial charge in [-0.25, -0.2) is 45.7 Å². The summed E-state index contributed by atoms with van der Waals surface area (Å²) < 4.78 is 107. The van der Waals surface area contributed by atoms with Gasteiger partial charge in [-0.15, -0.1) is 0 Å². The molecule has 27 nitrogen and oxygen atoms in total. The lowest BCUT2D eigenvalue weighted by atomic mass is 10.0. The molecule has 3 aliphatic rings. The number of nitrogen functional groups attached to an aromatic ring is 1. The van der Waals surface area contributed by atoms with E-state index in [0.717, 1.165) is 0 Å². The summed E-state index contributed by atoms with van der Waals surface area (Å²) in [7, 11) is 0. The van der Waals surface area contributed by atoms with Crippen LogP contribution in [-0.2, 0) is 14.4 Å². The van der Waals surface area contributed by atoms with Crippen LogP contribution in [0.4, 0.5) is 53.5 Å². The molecule has 714 valence electrons. The molecule has 42 heteroatoms. The monoisotopic (exact) mass is 2040 g/mol. The number of anilines is 4. The molecule has 138 heavy (non-hydrogen) atoms. The van der Waals surface area contributed by atoms with E-state index in [4.69, 9.17) is 98.5 Å². The Morgan fingerprint density at radius 3 is 0.942 bits per heavy atom. The van der Waals surface area contributed by atoms with Gasteiger partial charge < -0.3 is 45.3 Å². The Hall–Kier alpha value is -13.1. The van der Waals surface area contributed by atoms with Gasteiger partial charge in [0.05, 0.1) is 110 Å². The number of piperazine rings is 3. The first-order chi connectivity index (χ1) is 65.2. The molecular weight excluding hydrogens is 1960 g/mol. The lowest BCUT2D eigenvalue weighted by Gasteiger charge is -2.41. The number of rotatable bonds is 15. The number of halogens is 15. The fourth-order valence-corrected chi connectivity index (χ4v) is 19.3. The number of fused-ring (bicyclic) bond motifs is 3. The molecule has 3 atom stereocenters. The van der Waals surface area contributed by atoms with Crippen molar-refractivity contribution in [2.75, 3.05) is 79.3 Å². The summed E-state index contributed by atoms with van der Waals surface area (Å²) in [5, 5.41) is 48.4. The highest BCUT2D eigenvalue weighted by molar-refractivity contribution is 6.41. The molecule has 0 saturated carbocycles. The molecular formula is C96H82Cl8F7N19O8. The summed E-state index contributed by atoms with van der Waals surface area (Å²) in [4.78, 5) is 118. The van der Waals surface area contributed by atoms with Crippen LogP contribution in [0.15, 0.2) is 107 Å². The molecule has 0 spiro atoms. The van der Waals surface area contributed by atoms with Gasteiger partial charge in [0, 0.05) is 112 Å². The number of amides is 3. The molecule has 3 aliphatic heterocycles. The highest BCUT2D eigenvalue weighted by atomic mass is 35.5. The number of phenolic OH excluding ortho intramolecular Hbond substituents is 2. The predicted octanol–water partition coefficient (Wildman–Crippen LogP) is 20.1. The van der Waals surface area contributed by atoms with Gasteiger partial charge in [-0.2, -0.15) is 15.8 Å². The quantitative estimate of drug-likeness (QED) is 0.0282. The number of hydrogen-bond acceptors (Lipinski definition) is 21. The van der Waals surface area contributed by atoms with Crippen molar-refractivity contribution in [3.63, 3.8) is 0 Å². The third kappa shape index (κ3) is 17.9. The maximum absolute atomic E-state index is 15.4. The first-order valence-electron chi connectivity index (χ1n) is 42.5. The van der Waals surface area contributed by atoms with E-state index in [9.17, 15) is 76.7 Å². The van der Waals surface area contributed by atoms with Crippen LogP contribution < -0.4 is 37.1 Å². The van der Waals surface area contributed by atoms with Crippen LogP contribution in [-0.4, -0.2) is 163 Å². The van der Waals surface area contributed by atoms with Gasteiger partial charge in [0.2, 0.25) is 17.7 Å². The van der Waals surface area contributed by atoms with Crippen LogP contribution >= 0.6 is 92.8 Å². The number of aryl methyl sites for hydroxylation is 3. The van der Waals surface area contributed by atoms with Crippen LogP contribution in [0.1, 0.15) is 131 Å². The van der Waals surface area contributed by atoms with Crippen molar-refractivity contribution in [1.82, 2.24) is 58.3 Å². The number of benzene rings is 3. The zero-order valence-electron chi connectivity index (χ0n) is 75.5. The fourth-order valence-electron chi connectivity index (χ4n) is 17.4. The lowest BCUT2D eigenvalue weighted by Crippen LogP contribution is -2.54. The van der Waals surface area contributed by atoms with E-state index in [0.29, 0.717) is 50.8 Å². The van der Waals surface area contributed by atoms with E-state index in [-0.39, 0.29) is 206 Å². The van der Waals surface area contributed by atoms with Crippen molar-refractivity contribution in [2.45, 2.75) is 119 Å². The summed E-state index contributed by atoms with van der Waals surface area (Å²) in [5.74, 6) is -13.7.